The van der Waals surface area contributed by atoms with E-state index in [2.05, 4.69) is 35.9 Å². The van der Waals surface area contributed by atoms with Crippen molar-refractivity contribution < 1.29 is 0 Å². The second kappa shape index (κ2) is 5.17. The van der Waals surface area contributed by atoms with Gasteiger partial charge in [0, 0.05) is 12.4 Å². The minimum atomic E-state index is 0.128. The van der Waals surface area contributed by atoms with Gasteiger partial charge in [0.1, 0.15) is 3.41 Å². The molecular weight excluding hydrogens is 218 g/mol. The molecular formula is C9H13NS3. The summed E-state index contributed by atoms with van der Waals surface area (Å²) < 4.78 is 0.128. The average molecular weight is 231 g/mol. The molecule has 0 N–H and O–H groups in total. The van der Waals surface area contributed by atoms with E-state index in [4.69, 9.17) is 0 Å². The first-order chi connectivity index (χ1) is 6.29. The summed E-state index contributed by atoms with van der Waals surface area (Å²) in [5.41, 5.74) is 1.33. The SMILES string of the molecule is CSC(SC)(SC)c1ccncc1. The lowest BCUT2D eigenvalue weighted by Gasteiger charge is -2.28. The van der Waals surface area contributed by atoms with E-state index >= 15 is 0 Å². The summed E-state index contributed by atoms with van der Waals surface area (Å²) in [6.07, 6.45) is 10.1. The highest BCUT2D eigenvalue weighted by Gasteiger charge is 2.28. The Bertz CT molecular complexity index is 238. The Morgan fingerprint density at radius 2 is 1.46 bits per heavy atom. The molecule has 72 valence electrons. The maximum absolute atomic E-state index is 4.03. The molecule has 13 heavy (non-hydrogen) atoms. The zero-order chi connectivity index (χ0) is 9.73. The van der Waals surface area contributed by atoms with E-state index < -0.39 is 0 Å². The third-order valence-corrected chi connectivity index (χ3v) is 7.16. The van der Waals surface area contributed by atoms with Crippen molar-refractivity contribution in [1.29, 1.82) is 0 Å². The molecule has 0 amide bonds. The Hall–Kier alpha value is 0.200. The van der Waals surface area contributed by atoms with Gasteiger partial charge in [-0.1, -0.05) is 0 Å². The minimum Gasteiger partial charge on any atom is -0.265 e. The number of aromatic nitrogens is 1. The van der Waals surface area contributed by atoms with Crippen LogP contribution in [-0.4, -0.2) is 23.8 Å². The van der Waals surface area contributed by atoms with Crippen LogP contribution in [0.15, 0.2) is 24.5 Å². The lowest BCUT2D eigenvalue weighted by molar-refractivity contribution is 1.23. The number of thioether (sulfide) groups is 3. The van der Waals surface area contributed by atoms with Crippen LogP contribution in [-0.2, 0) is 3.41 Å². The predicted octanol–water partition coefficient (Wildman–Crippen LogP) is 3.28. The molecule has 0 aliphatic carbocycles. The summed E-state index contributed by atoms with van der Waals surface area (Å²) in [4.78, 5) is 4.03. The molecule has 0 saturated heterocycles. The maximum Gasteiger partial charge on any atom is 0.131 e. The Morgan fingerprint density at radius 3 is 1.85 bits per heavy atom. The van der Waals surface area contributed by atoms with Gasteiger partial charge >= 0.3 is 0 Å². The highest BCUT2D eigenvalue weighted by atomic mass is 32.3. The molecule has 4 heteroatoms. The topological polar surface area (TPSA) is 12.9 Å². The quantitative estimate of drug-likeness (QED) is 0.737. The van der Waals surface area contributed by atoms with E-state index in [0.29, 0.717) is 0 Å². The number of rotatable bonds is 4. The third-order valence-electron chi connectivity index (χ3n) is 1.84. The van der Waals surface area contributed by atoms with Crippen LogP contribution in [0.25, 0.3) is 0 Å². The molecule has 1 rings (SSSR count). The number of nitrogens with zero attached hydrogens (tertiary/aromatic N) is 1. The summed E-state index contributed by atoms with van der Waals surface area (Å²) >= 11 is 5.61. The molecule has 0 saturated carbocycles. The summed E-state index contributed by atoms with van der Waals surface area (Å²) in [7, 11) is 0. The first-order valence-electron chi connectivity index (χ1n) is 3.85. The lowest BCUT2D eigenvalue weighted by Crippen LogP contribution is -2.10. The second-order valence-corrected chi connectivity index (χ2v) is 6.24. The van der Waals surface area contributed by atoms with E-state index in [-0.39, 0.29) is 3.41 Å². The first kappa shape index (κ1) is 11.3. The Balaban J connectivity index is 3.01. The van der Waals surface area contributed by atoms with E-state index in [0.717, 1.165) is 0 Å². The maximum atomic E-state index is 4.03. The highest BCUT2D eigenvalue weighted by molar-refractivity contribution is 8.32. The molecule has 0 bridgehead atoms. The van der Waals surface area contributed by atoms with Crippen LogP contribution in [0, 0.1) is 0 Å². The Kier molecular flexibility index (Phi) is 4.49. The predicted molar refractivity (Wildman–Crippen MR) is 66.5 cm³/mol. The van der Waals surface area contributed by atoms with Gasteiger partial charge in [-0.3, -0.25) is 4.98 Å². The summed E-state index contributed by atoms with van der Waals surface area (Å²) in [5, 5.41) is 0. The van der Waals surface area contributed by atoms with Gasteiger partial charge in [0.2, 0.25) is 0 Å². The van der Waals surface area contributed by atoms with Crippen LogP contribution in [0.4, 0.5) is 0 Å². The van der Waals surface area contributed by atoms with E-state index in [9.17, 15) is 0 Å². The Morgan fingerprint density at radius 1 is 1.00 bits per heavy atom. The normalized spacial score (nSPS) is 11.6. The molecule has 0 fully saturated rings. The molecule has 0 aliphatic rings. The monoisotopic (exact) mass is 231 g/mol. The van der Waals surface area contributed by atoms with Crippen molar-refractivity contribution in [2.75, 3.05) is 18.8 Å². The molecule has 0 radical (unpaired) electrons. The summed E-state index contributed by atoms with van der Waals surface area (Å²) in [6, 6.07) is 4.17. The van der Waals surface area contributed by atoms with Gasteiger partial charge in [-0.05, 0) is 36.5 Å². The second-order valence-electron chi connectivity index (χ2n) is 2.40. The molecule has 0 unspecified atom stereocenters. The molecule has 1 aromatic rings. The number of pyridine rings is 1. The highest BCUT2D eigenvalue weighted by Crippen LogP contribution is 2.51. The molecule has 1 heterocycles. The van der Waals surface area contributed by atoms with Gasteiger partial charge < -0.3 is 0 Å². The molecule has 1 aromatic heterocycles. The fourth-order valence-corrected chi connectivity index (χ4v) is 4.27. The molecule has 0 aliphatic heterocycles. The van der Waals surface area contributed by atoms with Gasteiger partial charge in [0.25, 0.3) is 0 Å². The molecule has 0 atom stereocenters. The van der Waals surface area contributed by atoms with Crippen molar-refractivity contribution in [3.8, 4) is 0 Å². The fraction of sp³-hybridized carbons (Fsp3) is 0.444. The van der Waals surface area contributed by atoms with E-state index in [1.165, 1.54) is 5.56 Å². The van der Waals surface area contributed by atoms with Crippen molar-refractivity contribution in [3.63, 3.8) is 0 Å². The summed E-state index contributed by atoms with van der Waals surface area (Å²) in [5.74, 6) is 0. The first-order valence-corrected chi connectivity index (χ1v) is 7.52. The van der Waals surface area contributed by atoms with Crippen molar-refractivity contribution in [2.45, 2.75) is 3.41 Å². The number of hydrogen-bond acceptors (Lipinski definition) is 4. The van der Waals surface area contributed by atoms with E-state index in [1.807, 2.05) is 47.7 Å². The van der Waals surface area contributed by atoms with Crippen molar-refractivity contribution in [2.24, 2.45) is 0 Å². The molecule has 1 nitrogen and oxygen atoms in total. The standard InChI is InChI=1S/C9H13NS3/c1-11-9(12-2,13-3)8-4-6-10-7-5-8/h4-7H,1-3H3. The van der Waals surface area contributed by atoms with Crippen molar-refractivity contribution in [1.82, 2.24) is 4.98 Å². The Labute approximate surface area is 92.5 Å². The van der Waals surface area contributed by atoms with Crippen LogP contribution >= 0.6 is 35.3 Å². The van der Waals surface area contributed by atoms with Crippen molar-refractivity contribution >= 4 is 35.3 Å². The number of hydrogen-bond donors (Lipinski definition) is 0. The largest absolute Gasteiger partial charge is 0.265 e. The van der Waals surface area contributed by atoms with Gasteiger partial charge in [-0.2, -0.15) is 0 Å². The smallest absolute Gasteiger partial charge is 0.131 e. The van der Waals surface area contributed by atoms with Crippen LogP contribution in [0.1, 0.15) is 5.56 Å². The van der Waals surface area contributed by atoms with Crippen LogP contribution in [0.5, 0.6) is 0 Å². The molecule has 0 spiro atoms. The summed E-state index contributed by atoms with van der Waals surface area (Å²) in [6.45, 7) is 0. The van der Waals surface area contributed by atoms with Crippen molar-refractivity contribution in [3.05, 3.63) is 30.1 Å². The van der Waals surface area contributed by atoms with Gasteiger partial charge in [-0.15, -0.1) is 35.3 Å². The van der Waals surface area contributed by atoms with Gasteiger partial charge in [0.05, 0.1) is 0 Å². The van der Waals surface area contributed by atoms with Crippen LogP contribution < -0.4 is 0 Å². The van der Waals surface area contributed by atoms with Gasteiger partial charge in [-0.25, -0.2) is 0 Å². The van der Waals surface area contributed by atoms with Crippen LogP contribution in [0.2, 0.25) is 0 Å². The fourth-order valence-electron chi connectivity index (χ4n) is 1.16. The zero-order valence-electron chi connectivity index (χ0n) is 7.98. The minimum absolute atomic E-state index is 0.128. The molecule has 0 aromatic carbocycles. The van der Waals surface area contributed by atoms with Crippen LogP contribution in [0.3, 0.4) is 0 Å². The lowest BCUT2D eigenvalue weighted by atomic mass is 10.3. The van der Waals surface area contributed by atoms with Gasteiger partial charge in [0.15, 0.2) is 0 Å². The van der Waals surface area contributed by atoms with E-state index in [1.54, 1.807) is 0 Å². The average Bonchev–Trinajstić information content (AvgIpc) is 2.23. The third kappa shape index (κ3) is 2.36. The zero-order valence-corrected chi connectivity index (χ0v) is 10.4.